The molecule has 0 N–H and O–H groups in total. The van der Waals surface area contributed by atoms with E-state index in [4.69, 9.17) is 13.8 Å². The summed E-state index contributed by atoms with van der Waals surface area (Å²) in [4.78, 5) is 11.1. The van der Waals surface area contributed by atoms with Gasteiger partial charge < -0.3 is 13.8 Å². The monoisotopic (exact) mass is 278 g/mol. The molecular formula is C12H23O5P. The Morgan fingerprint density at radius 2 is 1.72 bits per heavy atom. The molecular weight excluding hydrogens is 255 g/mol. The van der Waals surface area contributed by atoms with Crippen LogP contribution in [-0.2, 0) is 23.1 Å². The van der Waals surface area contributed by atoms with Crippen molar-refractivity contribution in [3.63, 3.8) is 0 Å². The van der Waals surface area contributed by atoms with E-state index in [-0.39, 0.29) is 17.7 Å². The van der Waals surface area contributed by atoms with Gasteiger partial charge in [0.25, 0.3) is 0 Å². The van der Waals surface area contributed by atoms with Crippen LogP contribution in [-0.4, -0.2) is 30.9 Å². The van der Waals surface area contributed by atoms with Gasteiger partial charge in [0.1, 0.15) is 6.10 Å². The Balaban J connectivity index is 2.84. The van der Waals surface area contributed by atoms with Crippen LogP contribution in [0.25, 0.3) is 0 Å². The number of carbonyl (C=O) groups is 1. The van der Waals surface area contributed by atoms with Crippen LogP contribution < -0.4 is 0 Å². The maximum absolute atomic E-state index is 12.7. The van der Waals surface area contributed by atoms with Crippen molar-refractivity contribution in [1.29, 1.82) is 0 Å². The zero-order valence-electron chi connectivity index (χ0n) is 11.4. The SMILES string of the molecule is CCOP(=O)(OCC)[C@H]1CCCC[C@H]1OC(C)=O. The van der Waals surface area contributed by atoms with Crippen molar-refractivity contribution in [1.82, 2.24) is 0 Å². The zero-order valence-corrected chi connectivity index (χ0v) is 12.3. The summed E-state index contributed by atoms with van der Waals surface area (Å²) in [6.45, 7) is 5.61. The van der Waals surface area contributed by atoms with Gasteiger partial charge in [0.15, 0.2) is 0 Å². The van der Waals surface area contributed by atoms with Gasteiger partial charge in [0.05, 0.1) is 18.9 Å². The highest BCUT2D eigenvalue weighted by Gasteiger charge is 2.43. The molecule has 0 aliphatic heterocycles. The van der Waals surface area contributed by atoms with Crippen molar-refractivity contribution >= 4 is 13.6 Å². The highest BCUT2D eigenvalue weighted by atomic mass is 31.2. The summed E-state index contributed by atoms with van der Waals surface area (Å²) in [7, 11) is -3.18. The molecule has 0 spiro atoms. The first-order valence-electron chi connectivity index (χ1n) is 6.59. The van der Waals surface area contributed by atoms with Crippen molar-refractivity contribution < 1.29 is 23.1 Å². The highest BCUT2D eigenvalue weighted by Crippen LogP contribution is 2.57. The van der Waals surface area contributed by atoms with Crippen molar-refractivity contribution in [2.75, 3.05) is 13.2 Å². The van der Waals surface area contributed by atoms with E-state index in [0.29, 0.717) is 13.2 Å². The molecule has 0 aromatic rings. The average molecular weight is 278 g/mol. The van der Waals surface area contributed by atoms with Crippen molar-refractivity contribution in [2.45, 2.75) is 58.2 Å². The molecule has 0 aromatic heterocycles. The van der Waals surface area contributed by atoms with Gasteiger partial charge in [-0.05, 0) is 33.1 Å². The normalized spacial score (nSPS) is 24.8. The Hall–Kier alpha value is -0.380. The maximum Gasteiger partial charge on any atom is 0.337 e. The minimum atomic E-state index is -3.18. The Kier molecular flexibility index (Phi) is 6.33. The van der Waals surface area contributed by atoms with Gasteiger partial charge in [-0.25, -0.2) is 0 Å². The van der Waals surface area contributed by atoms with Crippen molar-refractivity contribution in [3.8, 4) is 0 Å². The summed E-state index contributed by atoms with van der Waals surface area (Å²) in [6.07, 6.45) is 3.04. The number of hydrogen-bond acceptors (Lipinski definition) is 5. The first-order chi connectivity index (χ1) is 8.53. The number of carbonyl (C=O) groups excluding carboxylic acids is 1. The predicted molar refractivity (Wildman–Crippen MR) is 68.7 cm³/mol. The third-order valence-corrected chi connectivity index (χ3v) is 5.65. The second-order valence-corrected chi connectivity index (χ2v) is 6.63. The van der Waals surface area contributed by atoms with E-state index in [9.17, 15) is 9.36 Å². The molecule has 5 nitrogen and oxygen atoms in total. The van der Waals surface area contributed by atoms with Gasteiger partial charge in [-0.1, -0.05) is 6.42 Å². The molecule has 0 heterocycles. The molecule has 0 bridgehead atoms. The van der Waals surface area contributed by atoms with E-state index in [1.807, 2.05) is 0 Å². The third-order valence-electron chi connectivity index (χ3n) is 3.01. The van der Waals surface area contributed by atoms with Crippen LogP contribution in [0.4, 0.5) is 0 Å². The molecule has 1 rings (SSSR count). The lowest BCUT2D eigenvalue weighted by molar-refractivity contribution is -0.147. The zero-order chi connectivity index (χ0) is 13.6. The number of ether oxygens (including phenoxy) is 1. The molecule has 1 fully saturated rings. The quantitative estimate of drug-likeness (QED) is 0.551. The first-order valence-corrected chi connectivity index (χ1v) is 8.20. The van der Waals surface area contributed by atoms with Crippen LogP contribution in [0.5, 0.6) is 0 Å². The fraction of sp³-hybridized carbons (Fsp3) is 0.917. The molecule has 1 aliphatic carbocycles. The summed E-state index contributed by atoms with van der Waals surface area (Å²) in [6, 6.07) is 0. The smallest absolute Gasteiger partial charge is 0.337 e. The molecule has 0 unspecified atom stereocenters. The highest BCUT2D eigenvalue weighted by molar-refractivity contribution is 7.54. The van der Waals surface area contributed by atoms with Gasteiger partial charge in [-0.3, -0.25) is 9.36 Å². The molecule has 106 valence electrons. The molecule has 6 heteroatoms. The molecule has 0 amide bonds. The third kappa shape index (κ3) is 4.08. The average Bonchev–Trinajstić information content (AvgIpc) is 2.29. The maximum atomic E-state index is 12.7. The number of rotatable bonds is 6. The van der Waals surface area contributed by atoms with Crippen LogP contribution in [0.2, 0.25) is 0 Å². The summed E-state index contributed by atoms with van der Waals surface area (Å²) in [5, 5.41) is 0. The molecule has 1 aliphatic rings. The van der Waals surface area contributed by atoms with E-state index < -0.39 is 7.60 Å². The standard InChI is InChI=1S/C12H23O5P/c1-4-15-18(14,16-5-2)12-9-7-6-8-11(12)17-10(3)13/h11-12H,4-9H2,1-3H3/t11-,12+/m1/s1. The van der Waals surface area contributed by atoms with Gasteiger partial charge >= 0.3 is 13.6 Å². The summed E-state index contributed by atoms with van der Waals surface area (Å²) in [5.74, 6) is -0.341. The van der Waals surface area contributed by atoms with E-state index >= 15 is 0 Å². The molecule has 0 saturated heterocycles. The summed E-state index contributed by atoms with van der Waals surface area (Å²) in [5.41, 5.74) is -0.324. The number of esters is 1. The van der Waals surface area contributed by atoms with Gasteiger partial charge in [-0.2, -0.15) is 0 Å². The van der Waals surface area contributed by atoms with Gasteiger partial charge in [-0.15, -0.1) is 0 Å². The lowest BCUT2D eigenvalue weighted by atomic mass is 9.97. The Labute approximate surface area is 109 Å². The minimum Gasteiger partial charge on any atom is -0.462 e. The molecule has 2 atom stereocenters. The number of hydrogen-bond donors (Lipinski definition) is 0. The lowest BCUT2D eigenvalue weighted by Gasteiger charge is -2.34. The van der Waals surface area contributed by atoms with Crippen LogP contribution in [0.3, 0.4) is 0 Å². The summed E-state index contributed by atoms with van der Waals surface area (Å²) >= 11 is 0. The van der Waals surface area contributed by atoms with E-state index in [1.54, 1.807) is 13.8 Å². The topological polar surface area (TPSA) is 61.8 Å². The summed E-state index contributed by atoms with van der Waals surface area (Å²) < 4.78 is 28.7. The largest absolute Gasteiger partial charge is 0.462 e. The van der Waals surface area contributed by atoms with Gasteiger partial charge in [0, 0.05) is 6.92 Å². The van der Waals surface area contributed by atoms with E-state index in [2.05, 4.69) is 0 Å². The van der Waals surface area contributed by atoms with Crippen LogP contribution >= 0.6 is 7.60 Å². The van der Waals surface area contributed by atoms with Crippen LogP contribution in [0, 0.1) is 0 Å². The molecule has 0 aromatic carbocycles. The van der Waals surface area contributed by atoms with E-state index in [0.717, 1.165) is 25.7 Å². The fourth-order valence-electron chi connectivity index (χ4n) is 2.38. The second-order valence-electron chi connectivity index (χ2n) is 4.38. The van der Waals surface area contributed by atoms with Crippen LogP contribution in [0.1, 0.15) is 46.5 Å². The minimum absolute atomic E-state index is 0.324. The Morgan fingerprint density at radius 1 is 1.17 bits per heavy atom. The fourth-order valence-corrected chi connectivity index (χ4v) is 4.67. The van der Waals surface area contributed by atoms with Crippen LogP contribution in [0.15, 0.2) is 0 Å². The molecule has 0 radical (unpaired) electrons. The Morgan fingerprint density at radius 3 is 2.22 bits per heavy atom. The first kappa shape index (κ1) is 15.7. The predicted octanol–water partition coefficient (Wildman–Crippen LogP) is 3.13. The lowest BCUT2D eigenvalue weighted by Crippen LogP contribution is -2.35. The van der Waals surface area contributed by atoms with E-state index in [1.165, 1.54) is 6.92 Å². The van der Waals surface area contributed by atoms with Gasteiger partial charge in [0.2, 0.25) is 0 Å². The molecule has 1 saturated carbocycles. The Bertz CT molecular complexity index is 308. The molecule has 18 heavy (non-hydrogen) atoms. The van der Waals surface area contributed by atoms with Crippen molar-refractivity contribution in [3.05, 3.63) is 0 Å². The van der Waals surface area contributed by atoms with Crippen molar-refractivity contribution in [2.24, 2.45) is 0 Å². The second kappa shape index (κ2) is 7.27.